The minimum Gasteiger partial charge on any atom is -0.320 e. The average molecular weight is 244 g/mol. The molecule has 2 rings (SSSR count). The van der Waals surface area contributed by atoms with Gasteiger partial charge in [0.15, 0.2) is 11.5 Å². The molecule has 0 aliphatic rings. The summed E-state index contributed by atoms with van der Waals surface area (Å²) in [4.78, 5) is 15.6. The Morgan fingerprint density at radius 1 is 1.28 bits per heavy atom. The highest BCUT2D eigenvalue weighted by molar-refractivity contribution is 6.03. The summed E-state index contributed by atoms with van der Waals surface area (Å²) in [7, 11) is 0. The molecule has 1 amide bonds. The van der Waals surface area contributed by atoms with E-state index in [1.54, 1.807) is 6.07 Å². The number of nitrogens with one attached hydrogen (secondary N) is 1. The fourth-order valence-corrected chi connectivity index (χ4v) is 1.69. The van der Waals surface area contributed by atoms with Crippen LogP contribution in [0.2, 0.25) is 0 Å². The first kappa shape index (κ1) is 12.2. The van der Waals surface area contributed by atoms with Crippen molar-refractivity contribution in [1.29, 1.82) is 0 Å². The number of carbonyl (C=O) groups is 1. The van der Waals surface area contributed by atoms with Crippen molar-refractivity contribution in [2.24, 2.45) is 0 Å². The zero-order chi connectivity index (χ0) is 13.1. The molecule has 1 heterocycles. The van der Waals surface area contributed by atoms with E-state index >= 15 is 0 Å². The lowest BCUT2D eigenvalue weighted by atomic mass is 10.1. The fraction of sp³-hybridized carbons (Fsp3) is 0.143. The number of carbonyl (C=O) groups excluding carboxylic acids is 1. The maximum atomic E-state index is 13.4. The van der Waals surface area contributed by atoms with E-state index in [9.17, 15) is 9.18 Å². The van der Waals surface area contributed by atoms with Crippen molar-refractivity contribution >= 4 is 11.6 Å². The van der Waals surface area contributed by atoms with Crippen LogP contribution in [0.3, 0.4) is 0 Å². The summed E-state index contributed by atoms with van der Waals surface area (Å²) in [6.07, 6.45) is 1.39. The van der Waals surface area contributed by atoms with E-state index in [0.29, 0.717) is 5.69 Å². The smallest absolute Gasteiger partial charge is 0.277 e. The van der Waals surface area contributed by atoms with Crippen LogP contribution in [0.4, 0.5) is 10.1 Å². The summed E-state index contributed by atoms with van der Waals surface area (Å²) in [5, 5.41) is 2.65. The molecule has 0 saturated carbocycles. The predicted molar refractivity (Wildman–Crippen MR) is 68.1 cm³/mol. The number of pyridine rings is 1. The number of rotatable bonds is 2. The highest BCUT2D eigenvalue weighted by Gasteiger charge is 2.13. The number of hydrogen-bond donors (Lipinski definition) is 1. The van der Waals surface area contributed by atoms with Crippen molar-refractivity contribution in [3.8, 4) is 0 Å². The van der Waals surface area contributed by atoms with Crippen LogP contribution in [0.25, 0.3) is 0 Å². The van der Waals surface area contributed by atoms with Crippen LogP contribution in [0, 0.1) is 19.7 Å². The molecular formula is C14H13FN2O. The molecule has 0 unspecified atom stereocenters. The molecule has 0 bridgehead atoms. The van der Waals surface area contributed by atoms with Gasteiger partial charge in [-0.3, -0.25) is 4.79 Å². The van der Waals surface area contributed by atoms with Crippen molar-refractivity contribution in [3.63, 3.8) is 0 Å². The van der Waals surface area contributed by atoms with Crippen LogP contribution in [0.1, 0.15) is 21.6 Å². The zero-order valence-electron chi connectivity index (χ0n) is 10.2. The molecule has 0 aliphatic heterocycles. The maximum Gasteiger partial charge on any atom is 0.277 e. The third kappa shape index (κ3) is 2.53. The van der Waals surface area contributed by atoms with Gasteiger partial charge in [0.1, 0.15) is 0 Å². The van der Waals surface area contributed by atoms with Crippen LogP contribution < -0.4 is 5.32 Å². The Bertz CT molecular complexity index is 596. The number of aryl methyl sites for hydroxylation is 2. The Morgan fingerprint density at radius 3 is 2.72 bits per heavy atom. The Hall–Kier alpha value is -2.23. The molecule has 2 aromatic rings. The summed E-state index contributed by atoms with van der Waals surface area (Å²) < 4.78 is 13.4. The number of anilines is 1. The molecule has 0 radical (unpaired) electrons. The third-order valence-corrected chi connectivity index (χ3v) is 2.60. The minimum atomic E-state index is -0.625. The first-order valence-corrected chi connectivity index (χ1v) is 5.57. The van der Waals surface area contributed by atoms with Crippen LogP contribution >= 0.6 is 0 Å². The molecule has 0 saturated heterocycles. The monoisotopic (exact) mass is 244 g/mol. The lowest BCUT2D eigenvalue weighted by molar-refractivity contribution is 0.101. The van der Waals surface area contributed by atoms with E-state index < -0.39 is 11.7 Å². The molecule has 1 N–H and O–H groups in total. The number of halogens is 1. The first-order valence-electron chi connectivity index (χ1n) is 5.57. The SMILES string of the molecule is Cc1ccc(NC(=O)c2ncccc2F)c(C)c1. The first-order chi connectivity index (χ1) is 8.58. The topological polar surface area (TPSA) is 42.0 Å². The van der Waals surface area contributed by atoms with Gasteiger partial charge in [0.05, 0.1) is 0 Å². The normalized spacial score (nSPS) is 10.2. The molecule has 92 valence electrons. The van der Waals surface area contributed by atoms with Gasteiger partial charge in [-0.2, -0.15) is 0 Å². The van der Waals surface area contributed by atoms with Gasteiger partial charge in [0, 0.05) is 11.9 Å². The van der Waals surface area contributed by atoms with Gasteiger partial charge in [-0.1, -0.05) is 17.7 Å². The van der Waals surface area contributed by atoms with Crippen LogP contribution in [-0.4, -0.2) is 10.9 Å². The van der Waals surface area contributed by atoms with Crippen LogP contribution in [0.15, 0.2) is 36.5 Å². The number of aromatic nitrogens is 1. The highest BCUT2D eigenvalue weighted by atomic mass is 19.1. The van der Waals surface area contributed by atoms with Crippen molar-refractivity contribution in [2.45, 2.75) is 13.8 Å². The second kappa shape index (κ2) is 4.96. The number of nitrogens with zero attached hydrogens (tertiary/aromatic N) is 1. The Balaban J connectivity index is 2.24. The van der Waals surface area contributed by atoms with Gasteiger partial charge >= 0.3 is 0 Å². The molecule has 18 heavy (non-hydrogen) atoms. The van der Waals surface area contributed by atoms with Crippen molar-refractivity contribution in [2.75, 3.05) is 5.32 Å². The second-order valence-electron chi connectivity index (χ2n) is 4.11. The molecular weight excluding hydrogens is 231 g/mol. The average Bonchev–Trinajstić information content (AvgIpc) is 2.33. The standard InChI is InChI=1S/C14H13FN2O/c1-9-5-6-12(10(2)8-9)17-14(18)13-11(15)4-3-7-16-13/h3-8H,1-2H3,(H,17,18). The molecule has 0 atom stereocenters. The van der Waals surface area contributed by atoms with Gasteiger partial charge in [-0.05, 0) is 37.6 Å². The van der Waals surface area contributed by atoms with E-state index in [1.165, 1.54) is 18.3 Å². The molecule has 4 heteroatoms. The third-order valence-electron chi connectivity index (χ3n) is 2.60. The quantitative estimate of drug-likeness (QED) is 0.882. The van der Waals surface area contributed by atoms with E-state index in [1.807, 2.05) is 26.0 Å². The lowest BCUT2D eigenvalue weighted by Crippen LogP contribution is -2.16. The van der Waals surface area contributed by atoms with Crippen molar-refractivity contribution in [1.82, 2.24) is 4.98 Å². The van der Waals surface area contributed by atoms with E-state index in [2.05, 4.69) is 10.3 Å². The number of benzene rings is 1. The zero-order valence-corrected chi connectivity index (χ0v) is 10.2. The van der Waals surface area contributed by atoms with Crippen LogP contribution in [0.5, 0.6) is 0 Å². The Kier molecular flexibility index (Phi) is 3.37. The maximum absolute atomic E-state index is 13.4. The summed E-state index contributed by atoms with van der Waals surface area (Å²) in [5.41, 5.74) is 2.50. The molecule has 0 spiro atoms. The molecule has 1 aromatic carbocycles. The van der Waals surface area contributed by atoms with Gasteiger partial charge in [0.25, 0.3) is 5.91 Å². The Labute approximate surface area is 105 Å². The predicted octanol–water partition coefficient (Wildman–Crippen LogP) is 3.09. The van der Waals surface area contributed by atoms with Crippen molar-refractivity contribution in [3.05, 3.63) is 59.2 Å². The summed E-state index contributed by atoms with van der Waals surface area (Å²) in [6.45, 7) is 3.86. The number of amides is 1. The van der Waals surface area contributed by atoms with Crippen LogP contribution in [-0.2, 0) is 0 Å². The highest BCUT2D eigenvalue weighted by Crippen LogP contribution is 2.17. The summed E-state index contributed by atoms with van der Waals surface area (Å²) in [5.74, 6) is -1.17. The fourth-order valence-electron chi connectivity index (χ4n) is 1.69. The van der Waals surface area contributed by atoms with Gasteiger partial charge in [-0.25, -0.2) is 9.37 Å². The van der Waals surface area contributed by atoms with Gasteiger partial charge < -0.3 is 5.32 Å². The number of hydrogen-bond acceptors (Lipinski definition) is 2. The Morgan fingerprint density at radius 2 is 2.06 bits per heavy atom. The van der Waals surface area contributed by atoms with Gasteiger partial charge in [0.2, 0.25) is 0 Å². The second-order valence-corrected chi connectivity index (χ2v) is 4.11. The molecule has 3 nitrogen and oxygen atoms in total. The van der Waals surface area contributed by atoms with E-state index in [0.717, 1.165) is 11.1 Å². The van der Waals surface area contributed by atoms with Gasteiger partial charge in [-0.15, -0.1) is 0 Å². The molecule has 1 aromatic heterocycles. The lowest BCUT2D eigenvalue weighted by Gasteiger charge is -2.08. The summed E-state index contributed by atoms with van der Waals surface area (Å²) in [6, 6.07) is 8.29. The molecule has 0 fully saturated rings. The molecule has 0 aliphatic carbocycles. The van der Waals surface area contributed by atoms with E-state index in [-0.39, 0.29) is 5.69 Å². The van der Waals surface area contributed by atoms with Crippen molar-refractivity contribution < 1.29 is 9.18 Å². The minimum absolute atomic E-state index is 0.197. The van der Waals surface area contributed by atoms with E-state index in [4.69, 9.17) is 0 Å². The summed E-state index contributed by atoms with van der Waals surface area (Å²) >= 11 is 0. The largest absolute Gasteiger partial charge is 0.320 e.